The van der Waals surface area contributed by atoms with Crippen LogP contribution in [0.4, 0.5) is 0 Å². The van der Waals surface area contributed by atoms with E-state index < -0.39 is 0 Å². The predicted molar refractivity (Wildman–Crippen MR) is 60.1 cm³/mol. The molecule has 1 atom stereocenters. The first-order chi connectivity index (χ1) is 7.38. The molecule has 15 heavy (non-hydrogen) atoms. The second kappa shape index (κ2) is 5.12. The summed E-state index contributed by atoms with van der Waals surface area (Å²) in [7, 11) is 0. The highest BCUT2D eigenvalue weighted by molar-refractivity contribution is 5.17. The van der Waals surface area contributed by atoms with Crippen LogP contribution >= 0.6 is 0 Å². The van der Waals surface area contributed by atoms with Crippen molar-refractivity contribution in [3.63, 3.8) is 0 Å². The Kier molecular flexibility index (Phi) is 3.56. The van der Waals surface area contributed by atoms with Crippen LogP contribution in [0, 0.1) is 0 Å². The van der Waals surface area contributed by atoms with Crippen molar-refractivity contribution in [1.29, 1.82) is 0 Å². The van der Waals surface area contributed by atoms with E-state index in [1.807, 2.05) is 12.3 Å². The normalized spacial score (nSPS) is 21.3. The quantitative estimate of drug-likeness (QED) is 0.818. The fourth-order valence-corrected chi connectivity index (χ4v) is 1.78. The van der Waals surface area contributed by atoms with Gasteiger partial charge in [0.15, 0.2) is 0 Å². The molecule has 82 valence electrons. The standard InChI is InChI=1S/C12H18N2O/c1-2-10-5-6-12(14-8-10)15-11-4-3-7-13-9-11/h5-6,8,11,13H,2-4,7,9H2,1H3/t11-/m1/s1. The van der Waals surface area contributed by atoms with E-state index >= 15 is 0 Å². The smallest absolute Gasteiger partial charge is 0.213 e. The molecule has 0 spiro atoms. The molecule has 2 heterocycles. The third-order valence-corrected chi connectivity index (χ3v) is 2.74. The molecule has 0 saturated carbocycles. The van der Waals surface area contributed by atoms with Crippen LogP contribution in [-0.2, 0) is 6.42 Å². The second-order valence-electron chi connectivity index (χ2n) is 3.94. The minimum Gasteiger partial charge on any atom is -0.473 e. The van der Waals surface area contributed by atoms with E-state index in [0.29, 0.717) is 6.10 Å². The molecule has 0 aliphatic carbocycles. The highest BCUT2D eigenvalue weighted by Gasteiger charge is 2.14. The summed E-state index contributed by atoms with van der Waals surface area (Å²) in [5, 5.41) is 3.32. The SMILES string of the molecule is CCc1ccc(O[C@@H]2CCCNC2)nc1. The van der Waals surface area contributed by atoms with Gasteiger partial charge in [-0.15, -0.1) is 0 Å². The predicted octanol–water partition coefficient (Wildman–Crippen LogP) is 1.77. The Labute approximate surface area is 90.9 Å². The number of nitrogens with one attached hydrogen (secondary N) is 1. The van der Waals surface area contributed by atoms with Gasteiger partial charge in [0.25, 0.3) is 0 Å². The molecule has 1 aromatic heterocycles. The summed E-state index contributed by atoms with van der Waals surface area (Å²) in [6.45, 7) is 4.18. The first kappa shape index (κ1) is 10.4. The molecular weight excluding hydrogens is 188 g/mol. The van der Waals surface area contributed by atoms with Crippen LogP contribution in [0.2, 0.25) is 0 Å². The van der Waals surface area contributed by atoms with Crippen molar-refractivity contribution >= 4 is 0 Å². The van der Waals surface area contributed by atoms with Crippen LogP contribution in [0.3, 0.4) is 0 Å². The Morgan fingerprint density at radius 1 is 1.53 bits per heavy atom. The van der Waals surface area contributed by atoms with Crippen LogP contribution in [0.15, 0.2) is 18.3 Å². The van der Waals surface area contributed by atoms with Gasteiger partial charge in [0, 0.05) is 18.8 Å². The van der Waals surface area contributed by atoms with E-state index in [4.69, 9.17) is 4.74 Å². The average molecular weight is 206 g/mol. The van der Waals surface area contributed by atoms with Gasteiger partial charge >= 0.3 is 0 Å². The second-order valence-corrected chi connectivity index (χ2v) is 3.94. The maximum atomic E-state index is 5.78. The number of hydrogen-bond donors (Lipinski definition) is 1. The minimum atomic E-state index is 0.290. The topological polar surface area (TPSA) is 34.1 Å². The van der Waals surface area contributed by atoms with Crippen molar-refractivity contribution in [3.05, 3.63) is 23.9 Å². The summed E-state index contributed by atoms with van der Waals surface area (Å²) >= 11 is 0. The summed E-state index contributed by atoms with van der Waals surface area (Å²) in [4.78, 5) is 4.29. The van der Waals surface area contributed by atoms with Crippen molar-refractivity contribution in [2.75, 3.05) is 13.1 Å². The first-order valence-electron chi connectivity index (χ1n) is 5.71. The third-order valence-electron chi connectivity index (χ3n) is 2.74. The van der Waals surface area contributed by atoms with Gasteiger partial charge in [-0.05, 0) is 31.4 Å². The van der Waals surface area contributed by atoms with E-state index in [9.17, 15) is 0 Å². The van der Waals surface area contributed by atoms with Gasteiger partial charge in [-0.1, -0.05) is 13.0 Å². The zero-order valence-corrected chi connectivity index (χ0v) is 9.20. The van der Waals surface area contributed by atoms with Crippen LogP contribution in [-0.4, -0.2) is 24.2 Å². The molecule has 2 rings (SSSR count). The van der Waals surface area contributed by atoms with Gasteiger partial charge in [0.05, 0.1) is 0 Å². The maximum absolute atomic E-state index is 5.78. The molecule has 1 aliphatic rings. The largest absolute Gasteiger partial charge is 0.473 e. The van der Waals surface area contributed by atoms with E-state index in [0.717, 1.165) is 31.8 Å². The van der Waals surface area contributed by atoms with Gasteiger partial charge in [-0.3, -0.25) is 0 Å². The minimum absolute atomic E-state index is 0.290. The monoisotopic (exact) mass is 206 g/mol. The summed E-state index contributed by atoms with van der Waals surface area (Å²) in [6.07, 6.45) is 5.53. The highest BCUT2D eigenvalue weighted by Crippen LogP contribution is 2.13. The third kappa shape index (κ3) is 2.93. The number of nitrogens with zero attached hydrogens (tertiary/aromatic N) is 1. The lowest BCUT2D eigenvalue weighted by Crippen LogP contribution is -2.37. The molecule has 1 saturated heterocycles. The Bertz CT molecular complexity index is 291. The number of aryl methyl sites for hydroxylation is 1. The molecule has 0 radical (unpaired) electrons. The van der Waals surface area contributed by atoms with E-state index in [1.165, 1.54) is 12.0 Å². The average Bonchev–Trinajstić information content (AvgIpc) is 2.31. The maximum Gasteiger partial charge on any atom is 0.213 e. The Morgan fingerprint density at radius 2 is 2.47 bits per heavy atom. The zero-order chi connectivity index (χ0) is 10.5. The summed E-state index contributed by atoms with van der Waals surface area (Å²) in [5.74, 6) is 0.751. The lowest BCUT2D eigenvalue weighted by Gasteiger charge is -2.23. The molecule has 0 bridgehead atoms. The van der Waals surface area contributed by atoms with Crippen molar-refractivity contribution in [1.82, 2.24) is 10.3 Å². The van der Waals surface area contributed by atoms with Gasteiger partial charge < -0.3 is 10.1 Å². The van der Waals surface area contributed by atoms with E-state index in [-0.39, 0.29) is 0 Å². The molecule has 0 aromatic carbocycles. The summed E-state index contributed by atoms with van der Waals surface area (Å²) in [6, 6.07) is 4.05. The Balaban J connectivity index is 1.91. The van der Waals surface area contributed by atoms with Gasteiger partial charge in [-0.25, -0.2) is 4.98 Å². The number of piperidine rings is 1. The lowest BCUT2D eigenvalue weighted by molar-refractivity contribution is 0.160. The van der Waals surface area contributed by atoms with Gasteiger partial charge in [0.1, 0.15) is 6.10 Å². The fraction of sp³-hybridized carbons (Fsp3) is 0.583. The molecular formula is C12H18N2O. The first-order valence-corrected chi connectivity index (χ1v) is 5.71. The molecule has 1 fully saturated rings. The van der Waals surface area contributed by atoms with Crippen molar-refractivity contribution in [2.45, 2.75) is 32.3 Å². The summed E-state index contributed by atoms with van der Waals surface area (Å²) in [5.41, 5.74) is 1.25. The molecule has 1 N–H and O–H groups in total. The van der Waals surface area contributed by atoms with Gasteiger partial charge in [0.2, 0.25) is 5.88 Å². The van der Waals surface area contributed by atoms with Crippen molar-refractivity contribution in [3.8, 4) is 5.88 Å². The Morgan fingerprint density at radius 3 is 3.07 bits per heavy atom. The van der Waals surface area contributed by atoms with Crippen LogP contribution < -0.4 is 10.1 Å². The fourth-order valence-electron chi connectivity index (χ4n) is 1.78. The molecule has 0 amide bonds. The number of aromatic nitrogens is 1. The van der Waals surface area contributed by atoms with Gasteiger partial charge in [-0.2, -0.15) is 0 Å². The molecule has 3 nitrogen and oxygen atoms in total. The molecule has 3 heteroatoms. The number of rotatable bonds is 3. The van der Waals surface area contributed by atoms with Crippen molar-refractivity contribution < 1.29 is 4.74 Å². The highest BCUT2D eigenvalue weighted by atomic mass is 16.5. The number of pyridine rings is 1. The Hall–Kier alpha value is -1.09. The number of hydrogen-bond acceptors (Lipinski definition) is 3. The molecule has 1 aliphatic heterocycles. The number of ether oxygens (including phenoxy) is 1. The van der Waals surface area contributed by atoms with Crippen molar-refractivity contribution in [2.24, 2.45) is 0 Å². The van der Waals surface area contributed by atoms with E-state index in [2.05, 4.69) is 23.3 Å². The lowest BCUT2D eigenvalue weighted by atomic mass is 10.1. The van der Waals surface area contributed by atoms with Crippen LogP contribution in [0.25, 0.3) is 0 Å². The zero-order valence-electron chi connectivity index (χ0n) is 9.20. The van der Waals surface area contributed by atoms with Crippen LogP contribution in [0.1, 0.15) is 25.3 Å². The van der Waals surface area contributed by atoms with E-state index in [1.54, 1.807) is 0 Å². The summed E-state index contributed by atoms with van der Waals surface area (Å²) < 4.78 is 5.78. The molecule has 0 unspecified atom stereocenters. The molecule has 1 aromatic rings. The van der Waals surface area contributed by atoms with Crippen LogP contribution in [0.5, 0.6) is 5.88 Å².